The second kappa shape index (κ2) is 2.31. The fourth-order valence-electron chi connectivity index (χ4n) is 0.520. The average molecular weight is 144 g/mol. The van der Waals surface area contributed by atoms with Crippen molar-refractivity contribution in [3.8, 4) is 0 Å². The van der Waals surface area contributed by atoms with E-state index < -0.39 is 0 Å². The van der Waals surface area contributed by atoms with E-state index in [9.17, 15) is 0 Å². The van der Waals surface area contributed by atoms with Crippen molar-refractivity contribution in [2.24, 2.45) is 0 Å². The van der Waals surface area contributed by atoms with Gasteiger partial charge < -0.3 is 9.25 Å². The summed E-state index contributed by atoms with van der Waals surface area (Å²) >= 11 is 3.81. The monoisotopic (exact) mass is 144 g/mol. The van der Waals surface area contributed by atoms with Gasteiger partial charge in [0.1, 0.15) is 0 Å². The van der Waals surface area contributed by atoms with Crippen LogP contribution in [0.25, 0.3) is 0 Å². The predicted octanol–water partition coefficient (Wildman–Crippen LogP) is 1.55. The molecule has 0 aromatic carbocycles. The van der Waals surface area contributed by atoms with Crippen molar-refractivity contribution in [3.05, 3.63) is 11.3 Å². The van der Waals surface area contributed by atoms with Gasteiger partial charge in [0.25, 0.3) is 0 Å². The first-order chi connectivity index (χ1) is 4.25. The minimum absolute atomic E-state index is 0.621. The minimum atomic E-state index is 0.621. The first-order valence-electron chi connectivity index (χ1n) is 2.58. The van der Waals surface area contributed by atoms with E-state index in [1.807, 2.05) is 13.8 Å². The van der Waals surface area contributed by atoms with E-state index in [1.54, 1.807) is 0 Å². The quantitative estimate of drug-likeness (QED) is 0.587. The van der Waals surface area contributed by atoms with Gasteiger partial charge in [0.2, 0.25) is 5.88 Å². The highest BCUT2D eigenvalue weighted by Crippen LogP contribution is 2.17. The molecule has 1 rings (SSSR count). The van der Waals surface area contributed by atoms with Gasteiger partial charge in [-0.3, -0.25) is 0 Å². The zero-order valence-electron chi connectivity index (χ0n) is 5.30. The van der Waals surface area contributed by atoms with E-state index in [0.717, 1.165) is 11.3 Å². The summed E-state index contributed by atoms with van der Waals surface area (Å²) in [6.07, 6.45) is 0. The van der Waals surface area contributed by atoms with Gasteiger partial charge in [0, 0.05) is 5.56 Å². The molecule has 1 aromatic rings. The molecule has 1 N–H and O–H groups in total. The molecule has 3 nitrogen and oxygen atoms in total. The zero-order chi connectivity index (χ0) is 6.85. The Bertz CT molecular complexity index is 209. The Morgan fingerprint density at radius 3 is 2.44 bits per heavy atom. The molecular formula is C5H8N2OS. The van der Waals surface area contributed by atoms with Crippen molar-refractivity contribution >= 4 is 18.7 Å². The molecule has 4 heteroatoms. The van der Waals surface area contributed by atoms with Crippen molar-refractivity contribution < 1.29 is 4.52 Å². The molecule has 1 heterocycles. The SMILES string of the molecule is Cc1noc(NS)c1C. The first-order valence-corrected chi connectivity index (χ1v) is 3.03. The molecule has 0 saturated carbocycles. The fraction of sp³-hybridized carbons (Fsp3) is 0.400. The number of nitrogens with zero attached hydrogens (tertiary/aromatic N) is 1. The minimum Gasteiger partial charge on any atom is -0.337 e. The summed E-state index contributed by atoms with van der Waals surface area (Å²) in [4.78, 5) is 0. The first kappa shape index (κ1) is 6.48. The van der Waals surface area contributed by atoms with Crippen LogP contribution >= 0.6 is 12.8 Å². The van der Waals surface area contributed by atoms with Crippen LogP contribution in [0.3, 0.4) is 0 Å². The van der Waals surface area contributed by atoms with Crippen LogP contribution in [0.4, 0.5) is 5.88 Å². The van der Waals surface area contributed by atoms with Gasteiger partial charge in [-0.05, 0) is 13.8 Å². The second-order valence-corrected chi connectivity index (χ2v) is 2.06. The lowest BCUT2D eigenvalue weighted by atomic mass is 10.3. The highest BCUT2D eigenvalue weighted by atomic mass is 32.1. The molecule has 0 aliphatic carbocycles. The maximum Gasteiger partial charge on any atom is 0.237 e. The Balaban J connectivity index is 3.04. The molecule has 0 saturated heterocycles. The molecule has 0 bridgehead atoms. The molecule has 0 unspecified atom stereocenters. The van der Waals surface area contributed by atoms with Crippen molar-refractivity contribution in [2.45, 2.75) is 13.8 Å². The Labute approximate surface area is 59.0 Å². The summed E-state index contributed by atoms with van der Waals surface area (Å²) in [6, 6.07) is 0. The average Bonchev–Trinajstić information content (AvgIpc) is 2.15. The van der Waals surface area contributed by atoms with Crippen LogP contribution in [-0.4, -0.2) is 5.16 Å². The molecule has 0 aliphatic rings. The third-order valence-electron chi connectivity index (χ3n) is 1.26. The molecule has 1 aromatic heterocycles. The van der Waals surface area contributed by atoms with Crippen molar-refractivity contribution in [3.63, 3.8) is 0 Å². The Morgan fingerprint density at radius 1 is 1.56 bits per heavy atom. The molecular weight excluding hydrogens is 136 g/mol. The molecule has 0 fully saturated rings. The van der Waals surface area contributed by atoms with Gasteiger partial charge in [-0.15, -0.1) is 0 Å². The van der Waals surface area contributed by atoms with E-state index in [2.05, 4.69) is 22.7 Å². The predicted molar refractivity (Wildman–Crippen MR) is 38.6 cm³/mol. The molecule has 50 valence electrons. The topological polar surface area (TPSA) is 38.1 Å². The van der Waals surface area contributed by atoms with E-state index in [1.165, 1.54) is 0 Å². The van der Waals surface area contributed by atoms with Crippen LogP contribution < -0.4 is 4.72 Å². The van der Waals surface area contributed by atoms with Gasteiger partial charge in [0.05, 0.1) is 5.69 Å². The van der Waals surface area contributed by atoms with Crippen molar-refractivity contribution in [2.75, 3.05) is 4.72 Å². The lowest BCUT2D eigenvalue weighted by Gasteiger charge is -1.88. The summed E-state index contributed by atoms with van der Waals surface area (Å²) in [5, 5.41) is 3.70. The number of nitrogens with one attached hydrogen (secondary N) is 1. The summed E-state index contributed by atoms with van der Waals surface area (Å²) in [7, 11) is 0. The molecule has 9 heavy (non-hydrogen) atoms. The Hall–Kier alpha value is -0.640. The smallest absolute Gasteiger partial charge is 0.237 e. The van der Waals surface area contributed by atoms with Gasteiger partial charge in [-0.25, -0.2) is 0 Å². The van der Waals surface area contributed by atoms with Gasteiger partial charge in [-0.2, -0.15) is 0 Å². The Kier molecular flexibility index (Phi) is 1.66. The van der Waals surface area contributed by atoms with E-state index in [-0.39, 0.29) is 0 Å². The van der Waals surface area contributed by atoms with Crippen molar-refractivity contribution in [1.29, 1.82) is 0 Å². The lowest BCUT2D eigenvalue weighted by Crippen LogP contribution is -1.79. The molecule has 0 atom stereocenters. The normalized spacial score (nSPS) is 9.67. The van der Waals surface area contributed by atoms with Crippen LogP contribution in [-0.2, 0) is 0 Å². The Morgan fingerprint density at radius 2 is 2.22 bits per heavy atom. The van der Waals surface area contributed by atoms with Gasteiger partial charge in [0.15, 0.2) is 0 Å². The van der Waals surface area contributed by atoms with Crippen LogP contribution in [0, 0.1) is 13.8 Å². The number of anilines is 1. The summed E-state index contributed by atoms with van der Waals surface area (Å²) < 4.78 is 7.39. The van der Waals surface area contributed by atoms with Crippen molar-refractivity contribution in [1.82, 2.24) is 5.16 Å². The third kappa shape index (κ3) is 1.03. The van der Waals surface area contributed by atoms with Crippen LogP contribution in [0.1, 0.15) is 11.3 Å². The number of aromatic nitrogens is 1. The fourth-order valence-corrected chi connectivity index (χ4v) is 0.728. The molecule has 0 radical (unpaired) electrons. The summed E-state index contributed by atoms with van der Waals surface area (Å²) in [6.45, 7) is 3.80. The van der Waals surface area contributed by atoms with E-state index in [4.69, 9.17) is 4.52 Å². The second-order valence-electron chi connectivity index (χ2n) is 1.83. The van der Waals surface area contributed by atoms with Crippen LogP contribution in [0.15, 0.2) is 4.52 Å². The maximum atomic E-state index is 4.81. The van der Waals surface area contributed by atoms with Crippen LogP contribution in [0.5, 0.6) is 0 Å². The maximum absolute atomic E-state index is 4.81. The van der Waals surface area contributed by atoms with Gasteiger partial charge >= 0.3 is 0 Å². The zero-order valence-corrected chi connectivity index (χ0v) is 6.20. The number of aryl methyl sites for hydroxylation is 1. The number of hydrogen-bond donors (Lipinski definition) is 2. The molecule has 0 amide bonds. The largest absolute Gasteiger partial charge is 0.337 e. The number of rotatable bonds is 1. The summed E-state index contributed by atoms with van der Waals surface area (Å²) in [5.74, 6) is 0.621. The molecule has 0 spiro atoms. The van der Waals surface area contributed by atoms with E-state index in [0.29, 0.717) is 5.88 Å². The standard InChI is InChI=1S/C5H8N2OS/c1-3-4(2)6-8-5(3)7-9/h7,9H,1-2H3. The highest BCUT2D eigenvalue weighted by Gasteiger charge is 2.04. The molecule has 0 aliphatic heterocycles. The number of thiol groups is 1. The lowest BCUT2D eigenvalue weighted by molar-refractivity contribution is 0.431. The summed E-state index contributed by atoms with van der Waals surface area (Å²) in [5.41, 5.74) is 1.90. The number of hydrogen-bond acceptors (Lipinski definition) is 4. The van der Waals surface area contributed by atoms with E-state index >= 15 is 0 Å². The van der Waals surface area contributed by atoms with Crippen LogP contribution in [0.2, 0.25) is 0 Å². The van der Waals surface area contributed by atoms with Gasteiger partial charge in [-0.1, -0.05) is 18.0 Å². The highest BCUT2D eigenvalue weighted by molar-refractivity contribution is 7.81. The third-order valence-corrected chi connectivity index (χ3v) is 1.46.